The summed E-state index contributed by atoms with van der Waals surface area (Å²) in [5, 5.41) is 13.8. The predicted octanol–water partition coefficient (Wildman–Crippen LogP) is 5.63. The SMILES string of the molecule is CCn1c2ccccc2c2cc(Nc3cc(SC)sc3C(=N)N)ccc21. The Hall–Kier alpha value is -2.44. The molecule has 4 N–H and O–H groups in total. The summed E-state index contributed by atoms with van der Waals surface area (Å²) in [7, 11) is 0. The van der Waals surface area contributed by atoms with Crippen LogP contribution in [0.25, 0.3) is 21.8 Å². The molecule has 2 aromatic heterocycles. The van der Waals surface area contributed by atoms with E-state index >= 15 is 0 Å². The summed E-state index contributed by atoms with van der Waals surface area (Å²) >= 11 is 3.21. The molecule has 6 heteroatoms. The van der Waals surface area contributed by atoms with Gasteiger partial charge in [0.25, 0.3) is 0 Å². The Morgan fingerprint density at radius 2 is 1.92 bits per heavy atom. The first-order valence-electron chi connectivity index (χ1n) is 8.42. The zero-order chi connectivity index (χ0) is 18.3. The molecule has 0 saturated carbocycles. The highest BCUT2D eigenvalue weighted by atomic mass is 32.2. The second-order valence-corrected chi connectivity index (χ2v) is 8.20. The van der Waals surface area contributed by atoms with Crippen LogP contribution in [0, 0.1) is 5.41 Å². The molecule has 0 saturated heterocycles. The Balaban J connectivity index is 1.83. The maximum Gasteiger partial charge on any atom is 0.135 e. The molecule has 0 amide bonds. The molecule has 0 radical (unpaired) electrons. The number of thioether (sulfide) groups is 1. The summed E-state index contributed by atoms with van der Waals surface area (Å²) in [5.41, 5.74) is 10.2. The van der Waals surface area contributed by atoms with Crippen LogP contribution in [0.1, 0.15) is 11.8 Å². The first-order chi connectivity index (χ1) is 12.6. The molecule has 0 unspecified atom stereocenters. The van der Waals surface area contributed by atoms with Crippen LogP contribution in [-0.4, -0.2) is 16.7 Å². The number of amidine groups is 1. The van der Waals surface area contributed by atoms with Crippen molar-refractivity contribution < 1.29 is 0 Å². The molecule has 132 valence electrons. The van der Waals surface area contributed by atoms with E-state index in [1.807, 2.05) is 6.26 Å². The van der Waals surface area contributed by atoms with Crippen LogP contribution < -0.4 is 11.1 Å². The maximum atomic E-state index is 7.83. The standard InChI is InChI=1S/C20H20N4S2/c1-3-24-16-7-5-4-6-13(16)14-10-12(8-9-17(14)24)23-15-11-18(25-2)26-19(15)20(21)22/h4-11,23H,3H2,1-2H3,(H3,21,22). The lowest BCUT2D eigenvalue weighted by atomic mass is 10.1. The van der Waals surface area contributed by atoms with Gasteiger partial charge in [0.05, 0.1) is 14.8 Å². The number of nitrogens with one attached hydrogen (secondary N) is 2. The fraction of sp³-hybridized carbons (Fsp3) is 0.150. The van der Waals surface area contributed by atoms with Gasteiger partial charge in [-0.25, -0.2) is 0 Å². The van der Waals surface area contributed by atoms with E-state index in [2.05, 4.69) is 65.3 Å². The number of anilines is 2. The van der Waals surface area contributed by atoms with E-state index in [1.165, 1.54) is 21.8 Å². The smallest absolute Gasteiger partial charge is 0.135 e. The summed E-state index contributed by atoms with van der Waals surface area (Å²) in [4.78, 5) is 0.783. The van der Waals surface area contributed by atoms with Crippen molar-refractivity contribution in [2.75, 3.05) is 11.6 Å². The van der Waals surface area contributed by atoms with E-state index in [0.717, 1.165) is 27.0 Å². The maximum absolute atomic E-state index is 7.83. The number of nitrogen functional groups attached to an aromatic ring is 1. The minimum absolute atomic E-state index is 0.0986. The van der Waals surface area contributed by atoms with Crippen molar-refractivity contribution in [3.05, 3.63) is 53.4 Å². The molecule has 0 aliphatic heterocycles. The number of thiophene rings is 1. The first-order valence-corrected chi connectivity index (χ1v) is 10.5. The van der Waals surface area contributed by atoms with Gasteiger partial charge >= 0.3 is 0 Å². The monoisotopic (exact) mass is 380 g/mol. The Bertz CT molecular complexity index is 1120. The van der Waals surface area contributed by atoms with Crippen LogP contribution in [0.4, 0.5) is 11.4 Å². The zero-order valence-electron chi connectivity index (χ0n) is 14.7. The molecule has 0 atom stereocenters. The predicted molar refractivity (Wildman–Crippen MR) is 116 cm³/mol. The summed E-state index contributed by atoms with van der Waals surface area (Å²) in [6.07, 6.45) is 2.03. The molecule has 26 heavy (non-hydrogen) atoms. The van der Waals surface area contributed by atoms with Gasteiger partial charge in [0.1, 0.15) is 5.84 Å². The zero-order valence-corrected chi connectivity index (χ0v) is 16.3. The fourth-order valence-electron chi connectivity index (χ4n) is 3.39. The number of fused-ring (bicyclic) bond motifs is 3. The normalized spacial score (nSPS) is 11.3. The number of aryl methyl sites for hydroxylation is 1. The van der Waals surface area contributed by atoms with Crippen molar-refractivity contribution in [3.8, 4) is 0 Å². The second kappa shape index (κ2) is 6.70. The summed E-state index contributed by atoms with van der Waals surface area (Å²) in [6.45, 7) is 3.11. The number of nitrogens with two attached hydrogens (primary N) is 1. The van der Waals surface area contributed by atoms with Crippen molar-refractivity contribution in [1.82, 2.24) is 4.57 Å². The van der Waals surface area contributed by atoms with Gasteiger partial charge in [-0.05, 0) is 43.5 Å². The molecular weight excluding hydrogens is 360 g/mol. The molecule has 4 nitrogen and oxygen atoms in total. The van der Waals surface area contributed by atoms with Crippen molar-refractivity contribution in [2.45, 2.75) is 17.7 Å². The van der Waals surface area contributed by atoms with Crippen LogP contribution in [0.2, 0.25) is 0 Å². The average Bonchev–Trinajstić information content (AvgIpc) is 3.20. The Labute approximate surface area is 160 Å². The molecule has 0 fully saturated rings. The Morgan fingerprint density at radius 1 is 1.15 bits per heavy atom. The van der Waals surface area contributed by atoms with E-state index < -0.39 is 0 Å². The number of benzene rings is 2. The molecule has 4 aromatic rings. The third-order valence-electron chi connectivity index (χ3n) is 4.52. The topological polar surface area (TPSA) is 66.8 Å². The molecule has 0 spiro atoms. The molecule has 0 bridgehead atoms. The van der Waals surface area contributed by atoms with E-state index in [1.54, 1.807) is 23.1 Å². The van der Waals surface area contributed by atoms with E-state index in [9.17, 15) is 0 Å². The molecular formula is C20H20N4S2. The number of rotatable bonds is 5. The number of hydrogen-bond donors (Lipinski definition) is 3. The van der Waals surface area contributed by atoms with Gasteiger partial charge in [-0.1, -0.05) is 18.2 Å². The summed E-state index contributed by atoms with van der Waals surface area (Å²) in [6, 6.07) is 17.0. The lowest BCUT2D eigenvalue weighted by molar-refractivity contribution is 0.827. The van der Waals surface area contributed by atoms with Crippen LogP contribution >= 0.6 is 23.1 Å². The molecule has 0 aliphatic carbocycles. The van der Waals surface area contributed by atoms with Gasteiger partial charge in [0.15, 0.2) is 0 Å². The Kier molecular flexibility index (Phi) is 4.38. The third-order valence-corrected chi connectivity index (χ3v) is 6.76. The number of nitrogens with zero attached hydrogens (tertiary/aromatic N) is 1. The highest BCUT2D eigenvalue weighted by Gasteiger charge is 2.13. The van der Waals surface area contributed by atoms with Crippen molar-refractivity contribution in [2.24, 2.45) is 5.73 Å². The van der Waals surface area contributed by atoms with Gasteiger partial charge in [-0.3, -0.25) is 5.41 Å². The van der Waals surface area contributed by atoms with Crippen molar-refractivity contribution in [1.29, 1.82) is 5.41 Å². The lowest BCUT2D eigenvalue weighted by Crippen LogP contribution is -2.10. The largest absolute Gasteiger partial charge is 0.383 e. The Morgan fingerprint density at radius 3 is 2.65 bits per heavy atom. The lowest BCUT2D eigenvalue weighted by Gasteiger charge is -2.08. The summed E-state index contributed by atoms with van der Waals surface area (Å²) in [5.74, 6) is 0.0986. The van der Waals surface area contributed by atoms with Crippen LogP contribution in [0.3, 0.4) is 0 Å². The third kappa shape index (κ3) is 2.75. The van der Waals surface area contributed by atoms with E-state index in [4.69, 9.17) is 11.1 Å². The van der Waals surface area contributed by atoms with Crippen LogP contribution in [0.15, 0.2) is 52.7 Å². The molecule has 2 aromatic carbocycles. The highest BCUT2D eigenvalue weighted by molar-refractivity contribution is 8.00. The fourth-order valence-corrected chi connectivity index (χ4v) is 4.92. The number of hydrogen-bond acceptors (Lipinski definition) is 4. The van der Waals surface area contributed by atoms with Crippen LogP contribution in [-0.2, 0) is 6.54 Å². The molecule has 2 heterocycles. The van der Waals surface area contributed by atoms with Gasteiger partial charge < -0.3 is 15.6 Å². The van der Waals surface area contributed by atoms with Gasteiger partial charge in [0, 0.05) is 34.0 Å². The number of para-hydroxylation sites is 1. The summed E-state index contributed by atoms with van der Waals surface area (Å²) < 4.78 is 3.48. The van der Waals surface area contributed by atoms with Gasteiger partial charge in [-0.2, -0.15) is 0 Å². The quantitative estimate of drug-likeness (QED) is 0.239. The minimum atomic E-state index is 0.0986. The highest BCUT2D eigenvalue weighted by Crippen LogP contribution is 2.36. The average molecular weight is 381 g/mol. The van der Waals surface area contributed by atoms with Crippen molar-refractivity contribution in [3.63, 3.8) is 0 Å². The number of aromatic nitrogens is 1. The second-order valence-electron chi connectivity index (χ2n) is 6.04. The minimum Gasteiger partial charge on any atom is -0.383 e. The first kappa shape index (κ1) is 17.0. The van der Waals surface area contributed by atoms with E-state index in [-0.39, 0.29) is 5.84 Å². The van der Waals surface area contributed by atoms with Gasteiger partial charge in [-0.15, -0.1) is 23.1 Å². The van der Waals surface area contributed by atoms with E-state index in [0.29, 0.717) is 0 Å². The molecule has 0 aliphatic rings. The van der Waals surface area contributed by atoms with Crippen molar-refractivity contribution >= 4 is 62.1 Å². The van der Waals surface area contributed by atoms with Gasteiger partial charge in [0.2, 0.25) is 0 Å². The van der Waals surface area contributed by atoms with Crippen LogP contribution in [0.5, 0.6) is 0 Å². The molecule has 4 rings (SSSR count).